The largest absolute Gasteiger partial charge is 0.310 e. The average molecular weight is 261 g/mol. The van der Waals surface area contributed by atoms with Gasteiger partial charge in [-0.1, -0.05) is 44.2 Å². The fourth-order valence-electron chi connectivity index (χ4n) is 3.76. The summed E-state index contributed by atoms with van der Waals surface area (Å²) < 4.78 is 13.6. The molecule has 0 aromatic heterocycles. The van der Waals surface area contributed by atoms with Gasteiger partial charge < -0.3 is 5.32 Å². The van der Waals surface area contributed by atoms with E-state index in [1.54, 1.807) is 6.07 Å². The third-order valence-electron chi connectivity index (χ3n) is 4.88. The highest BCUT2D eigenvalue weighted by molar-refractivity contribution is 5.35. The summed E-state index contributed by atoms with van der Waals surface area (Å²) in [6.45, 7) is 1.09. The molecule has 1 unspecified atom stereocenters. The van der Waals surface area contributed by atoms with E-state index >= 15 is 0 Å². The summed E-state index contributed by atoms with van der Waals surface area (Å²) >= 11 is 0. The van der Waals surface area contributed by atoms with Crippen molar-refractivity contribution in [3.63, 3.8) is 0 Å². The van der Waals surface area contributed by atoms with E-state index in [2.05, 4.69) is 11.4 Å². The first-order valence-corrected chi connectivity index (χ1v) is 7.85. The quantitative estimate of drug-likeness (QED) is 0.848. The van der Waals surface area contributed by atoms with Gasteiger partial charge in [0, 0.05) is 6.04 Å². The van der Waals surface area contributed by atoms with Crippen LogP contribution in [0.2, 0.25) is 0 Å². The Labute approximate surface area is 115 Å². The minimum Gasteiger partial charge on any atom is -0.310 e. The van der Waals surface area contributed by atoms with Gasteiger partial charge in [-0.25, -0.2) is 4.39 Å². The van der Waals surface area contributed by atoms with E-state index in [9.17, 15) is 4.39 Å². The van der Waals surface area contributed by atoms with Crippen LogP contribution in [-0.4, -0.2) is 6.54 Å². The lowest BCUT2D eigenvalue weighted by Crippen LogP contribution is -2.23. The lowest BCUT2D eigenvalue weighted by Gasteiger charge is -2.22. The van der Waals surface area contributed by atoms with E-state index in [-0.39, 0.29) is 5.82 Å². The van der Waals surface area contributed by atoms with Gasteiger partial charge in [0.2, 0.25) is 0 Å². The predicted octanol–water partition coefficient (Wildman–Crippen LogP) is 4.37. The number of fused-ring (bicyclic) bond motifs is 1. The van der Waals surface area contributed by atoms with Crippen LogP contribution in [0.25, 0.3) is 0 Å². The Hall–Kier alpha value is -0.890. The number of nitrogens with one attached hydrogen (secondary N) is 1. The molecule has 0 saturated heterocycles. The van der Waals surface area contributed by atoms with Crippen LogP contribution in [0.4, 0.5) is 4.39 Å². The van der Waals surface area contributed by atoms with Crippen molar-refractivity contribution in [2.24, 2.45) is 5.92 Å². The molecule has 0 heterocycles. The number of rotatable bonds is 4. The summed E-state index contributed by atoms with van der Waals surface area (Å²) in [4.78, 5) is 0. The molecular formula is C17H24FN. The molecule has 2 heteroatoms. The molecule has 0 radical (unpaired) electrons. The van der Waals surface area contributed by atoms with Gasteiger partial charge >= 0.3 is 0 Å². The van der Waals surface area contributed by atoms with E-state index in [0.717, 1.165) is 30.9 Å². The van der Waals surface area contributed by atoms with Crippen LogP contribution in [-0.2, 0) is 6.42 Å². The van der Waals surface area contributed by atoms with Gasteiger partial charge in [-0.15, -0.1) is 0 Å². The van der Waals surface area contributed by atoms with Gasteiger partial charge in [-0.3, -0.25) is 0 Å². The van der Waals surface area contributed by atoms with Crippen molar-refractivity contribution in [3.05, 3.63) is 35.1 Å². The summed E-state index contributed by atoms with van der Waals surface area (Å²) in [5.41, 5.74) is 2.14. The number of hydrogen-bond donors (Lipinski definition) is 1. The minimum absolute atomic E-state index is 0.0194. The van der Waals surface area contributed by atoms with Crippen molar-refractivity contribution >= 4 is 0 Å². The standard InChI is InChI=1S/C17H24FN/c18-16-8-4-7-15-14(16)9-10-17(15)19-12-11-13-5-2-1-3-6-13/h4,7-8,13,17,19H,1-3,5-6,9-12H2. The molecule has 1 nitrogen and oxygen atoms in total. The van der Waals surface area contributed by atoms with Crippen LogP contribution in [0.15, 0.2) is 18.2 Å². The van der Waals surface area contributed by atoms with Gasteiger partial charge in [0.05, 0.1) is 0 Å². The number of halogens is 1. The Morgan fingerprint density at radius 2 is 1.95 bits per heavy atom. The maximum atomic E-state index is 13.6. The molecule has 0 bridgehead atoms. The summed E-state index contributed by atoms with van der Waals surface area (Å²) in [6.07, 6.45) is 10.3. The zero-order valence-corrected chi connectivity index (χ0v) is 11.6. The maximum absolute atomic E-state index is 13.6. The topological polar surface area (TPSA) is 12.0 Å². The van der Waals surface area contributed by atoms with Crippen molar-refractivity contribution in [1.82, 2.24) is 5.32 Å². The predicted molar refractivity (Wildman–Crippen MR) is 76.7 cm³/mol. The summed E-state index contributed by atoms with van der Waals surface area (Å²) in [7, 11) is 0. The molecule has 2 aliphatic carbocycles. The Bertz CT molecular complexity index is 423. The van der Waals surface area contributed by atoms with Crippen LogP contribution < -0.4 is 5.32 Å². The second-order valence-electron chi connectivity index (χ2n) is 6.15. The molecule has 0 spiro atoms. The molecule has 19 heavy (non-hydrogen) atoms. The normalized spacial score (nSPS) is 23.5. The Morgan fingerprint density at radius 1 is 1.11 bits per heavy atom. The number of benzene rings is 1. The summed E-state index contributed by atoms with van der Waals surface area (Å²) in [5.74, 6) is 0.906. The molecule has 0 amide bonds. The van der Waals surface area contributed by atoms with Crippen molar-refractivity contribution < 1.29 is 4.39 Å². The van der Waals surface area contributed by atoms with Crippen LogP contribution in [0.1, 0.15) is 62.1 Å². The van der Waals surface area contributed by atoms with Crippen molar-refractivity contribution in [2.45, 2.75) is 57.4 Å². The first-order chi connectivity index (χ1) is 9.34. The molecule has 3 rings (SSSR count). The average Bonchev–Trinajstić information content (AvgIpc) is 2.85. The highest BCUT2D eigenvalue weighted by atomic mass is 19.1. The van der Waals surface area contributed by atoms with E-state index < -0.39 is 0 Å². The van der Waals surface area contributed by atoms with E-state index in [0.29, 0.717) is 6.04 Å². The molecular weight excluding hydrogens is 237 g/mol. The smallest absolute Gasteiger partial charge is 0.126 e. The minimum atomic E-state index is -0.0194. The van der Waals surface area contributed by atoms with Crippen molar-refractivity contribution in [1.29, 1.82) is 0 Å². The highest BCUT2D eigenvalue weighted by Crippen LogP contribution is 2.33. The van der Waals surface area contributed by atoms with E-state index in [4.69, 9.17) is 0 Å². The fourth-order valence-corrected chi connectivity index (χ4v) is 3.76. The van der Waals surface area contributed by atoms with Gasteiger partial charge in [0.25, 0.3) is 0 Å². The number of hydrogen-bond acceptors (Lipinski definition) is 1. The Morgan fingerprint density at radius 3 is 2.79 bits per heavy atom. The molecule has 0 aliphatic heterocycles. The van der Waals surface area contributed by atoms with Crippen molar-refractivity contribution in [3.8, 4) is 0 Å². The molecule has 1 saturated carbocycles. The maximum Gasteiger partial charge on any atom is 0.126 e. The fraction of sp³-hybridized carbons (Fsp3) is 0.647. The Balaban J connectivity index is 1.51. The van der Waals surface area contributed by atoms with Crippen LogP contribution in [0.5, 0.6) is 0 Å². The molecule has 1 atom stereocenters. The first kappa shape index (κ1) is 13.1. The molecule has 2 aliphatic rings. The van der Waals surface area contributed by atoms with E-state index in [1.165, 1.54) is 44.1 Å². The summed E-state index contributed by atoms with van der Waals surface area (Å²) in [6, 6.07) is 5.90. The molecule has 1 fully saturated rings. The SMILES string of the molecule is Fc1cccc2c1CCC2NCCC1CCCCC1. The van der Waals surface area contributed by atoms with Gasteiger partial charge in [-0.2, -0.15) is 0 Å². The van der Waals surface area contributed by atoms with Gasteiger partial charge in [0.15, 0.2) is 0 Å². The van der Waals surface area contributed by atoms with Crippen molar-refractivity contribution in [2.75, 3.05) is 6.54 Å². The molecule has 104 valence electrons. The molecule has 1 aromatic carbocycles. The van der Waals surface area contributed by atoms with E-state index in [1.807, 2.05) is 6.07 Å². The van der Waals surface area contributed by atoms with Gasteiger partial charge in [0.1, 0.15) is 5.82 Å². The highest BCUT2D eigenvalue weighted by Gasteiger charge is 2.24. The molecule has 1 aromatic rings. The first-order valence-electron chi connectivity index (χ1n) is 7.85. The third kappa shape index (κ3) is 3.00. The zero-order valence-electron chi connectivity index (χ0n) is 11.6. The van der Waals surface area contributed by atoms with Crippen LogP contribution >= 0.6 is 0 Å². The summed E-state index contributed by atoms with van der Waals surface area (Å²) in [5, 5.41) is 3.65. The second-order valence-corrected chi connectivity index (χ2v) is 6.15. The third-order valence-corrected chi connectivity index (χ3v) is 4.88. The van der Waals surface area contributed by atoms with Gasteiger partial charge in [-0.05, 0) is 48.9 Å². The molecule has 1 N–H and O–H groups in total. The lowest BCUT2D eigenvalue weighted by atomic mass is 9.87. The second kappa shape index (κ2) is 6.04. The van der Waals surface area contributed by atoms with Crippen LogP contribution in [0.3, 0.4) is 0 Å². The van der Waals surface area contributed by atoms with Crippen LogP contribution in [0, 0.1) is 11.7 Å². The lowest BCUT2D eigenvalue weighted by molar-refractivity contribution is 0.327. The zero-order chi connectivity index (χ0) is 13.1. The monoisotopic (exact) mass is 261 g/mol. The Kier molecular flexibility index (Phi) is 4.17.